The van der Waals surface area contributed by atoms with Crippen molar-refractivity contribution >= 4 is 15.9 Å². The Bertz CT molecular complexity index is 474. The Balaban J connectivity index is 1.99. The van der Waals surface area contributed by atoms with Crippen molar-refractivity contribution in [1.82, 2.24) is 9.97 Å². The number of hydrogen-bond donors (Lipinski definition) is 1. The molecular formula is C11H9BrN2O2. The lowest BCUT2D eigenvalue weighted by Crippen LogP contribution is -2.00. The van der Waals surface area contributed by atoms with Crippen LogP contribution in [0.2, 0.25) is 0 Å². The van der Waals surface area contributed by atoms with Crippen LogP contribution in [0.4, 0.5) is 0 Å². The molecule has 1 aromatic heterocycles. The summed E-state index contributed by atoms with van der Waals surface area (Å²) in [6, 6.07) is 6.60. The van der Waals surface area contributed by atoms with E-state index in [1.165, 1.54) is 0 Å². The third-order valence-electron chi connectivity index (χ3n) is 1.86. The SMILES string of the molecule is Oc1cccc(OCc2ncc(Br)cn2)c1. The van der Waals surface area contributed by atoms with Crippen molar-refractivity contribution in [2.24, 2.45) is 0 Å². The number of phenols is 1. The number of benzene rings is 1. The summed E-state index contributed by atoms with van der Waals surface area (Å²) >= 11 is 3.25. The first-order chi connectivity index (χ1) is 7.74. The Hall–Kier alpha value is -1.62. The Morgan fingerprint density at radius 1 is 1.25 bits per heavy atom. The molecule has 0 atom stereocenters. The summed E-state index contributed by atoms with van der Waals surface area (Å²) < 4.78 is 6.24. The van der Waals surface area contributed by atoms with Gasteiger partial charge in [0, 0.05) is 18.5 Å². The summed E-state index contributed by atoms with van der Waals surface area (Å²) in [5.74, 6) is 1.35. The van der Waals surface area contributed by atoms with E-state index in [0.717, 1.165) is 4.47 Å². The monoisotopic (exact) mass is 280 g/mol. The van der Waals surface area contributed by atoms with Crippen LogP contribution in [0.3, 0.4) is 0 Å². The highest BCUT2D eigenvalue weighted by Crippen LogP contribution is 2.18. The third-order valence-corrected chi connectivity index (χ3v) is 2.27. The number of phenolic OH excluding ortho intramolecular Hbond substituents is 1. The zero-order valence-corrected chi connectivity index (χ0v) is 9.89. The molecule has 0 saturated carbocycles. The Labute approximate surface area is 101 Å². The smallest absolute Gasteiger partial charge is 0.166 e. The minimum Gasteiger partial charge on any atom is -0.508 e. The van der Waals surface area contributed by atoms with Crippen LogP contribution in [0, 0.1) is 0 Å². The van der Waals surface area contributed by atoms with Crippen molar-refractivity contribution in [3.63, 3.8) is 0 Å². The van der Waals surface area contributed by atoms with E-state index in [0.29, 0.717) is 11.6 Å². The molecule has 0 aliphatic rings. The Morgan fingerprint density at radius 2 is 2.00 bits per heavy atom. The molecule has 0 amide bonds. The number of halogens is 1. The van der Waals surface area contributed by atoms with E-state index < -0.39 is 0 Å². The van der Waals surface area contributed by atoms with Crippen LogP contribution in [0.1, 0.15) is 5.82 Å². The highest BCUT2D eigenvalue weighted by atomic mass is 79.9. The van der Waals surface area contributed by atoms with Gasteiger partial charge in [-0.3, -0.25) is 0 Å². The molecule has 2 aromatic rings. The van der Waals surface area contributed by atoms with E-state index in [-0.39, 0.29) is 12.4 Å². The lowest BCUT2D eigenvalue weighted by atomic mass is 10.3. The molecule has 1 aromatic carbocycles. The van der Waals surface area contributed by atoms with Gasteiger partial charge >= 0.3 is 0 Å². The lowest BCUT2D eigenvalue weighted by molar-refractivity contribution is 0.294. The van der Waals surface area contributed by atoms with Gasteiger partial charge in [0.25, 0.3) is 0 Å². The average molecular weight is 281 g/mol. The standard InChI is InChI=1S/C11H9BrN2O2/c12-8-5-13-11(14-6-8)7-16-10-3-1-2-9(15)4-10/h1-6,15H,7H2. The summed E-state index contributed by atoms with van der Waals surface area (Å²) in [6.45, 7) is 0.275. The van der Waals surface area contributed by atoms with Crippen molar-refractivity contribution < 1.29 is 9.84 Å². The van der Waals surface area contributed by atoms with Crippen molar-refractivity contribution in [3.05, 3.63) is 47.0 Å². The number of hydrogen-bond acceptors (Lipinski definition) is 4. The first-order valence-electron chi connectivity index (χ1n) is 4.62. The van der Waals surface area contributed by atoms with E-state index in [2.05, 4.69) is 25.9 Å². The number of nitrogens with zero attached hydrogens (tertiary/aromatic N) is 2. The summed E-state index contributed by atoms with van der Waals surface area (Å²) in [4.78, 5) is 8.14. The number of aromatic hydroxyl groups is 1. The molecule has 0 radical (unpaired) electrons. The molecule has 0 spiro atoms. The van der Waals surface area contributed by atoms with Gasteiger partial charge in [-0.1, -0.05) is 6.07 Å². The predicted octanol–water partition coefficient (Wildman–Crippen LogP) is 2.52. The highest BCUT2D eigenvalue weighted by Gasteiger charge is 1.99. The van der Waals surface area contributed by atoms with E-state index in [9.17, 15) is 5.11 Å². The molecule has 0 bridgehead atoms. The van der Waals surface area contributed by atoms with Crippen LogP contribution >= 0.6 is 15.9 Å². The van der Waals surface area contributed by atoms with Gasteiger partial charge in [0.2, 0.25) is 0 Å². The predicted molar refractivity (Wildman–Crippen MR) is 62.2 cm³/mol. The normalized spacial score (nSPS) is 10.1. The van der Waals surface area contributed by atoms with Crippen molar-refractivity contribution in [3.8, 4) is 11.5 Å². The van der Waals surface area contributed by atoms with Crippen LogP contribution in [0.15, 0.2) is 41.1 Å². The molecular weight excluding hydrogens is 272 g/mol. The van der Waals surface area contributed by atoms with E-state index in [1.807, 2.05) is 0 Å². The lowest BCUT2D eigenvalue weighted by Gasteiger charge is -2.04. The zero-order chi connectivity index (χ0) is 11.4. The summed E-state index contributed by atoms with van der Waals surface area (Å²) in [5, 5.41) is 9.23. The van der Waals surface area contributed by atoms with E-state index in [1.54, 1.807) is 36.7 Å². The first kappa shape index (κ1) is 10.9. The largest absolute Gasteiger partial charge is 0.508 e. The molecule has 82 valence electrons. The van der Waals surface area contributed by atoms with Crippen LogP contribution in [0.25, 0.3) is 0 Å². The molecule has 1 heterocycles. The summed E-state index contributed by atoms with van der Waals surface area (Å²) in [7, 11) is 0. The van der Waals surface area contributed by atoms with Gasteiger partial charge in [-0.25, -0.2) is 9.97 Å². The van der Waals surface area contributed by atoms with Gasteiger partial charge < -0.3 is 9.84 Å². The molecule has 0 aliphatic carbocycles. The Kier molecular flexibility index (Phi) is 3.36. The maximum Gasteiger partial charge on any atom is 0.166 e. The molecule has 0 saturated heterocycles. The zero-order valence-electron chi connectivity index (χ0n) is 8.30. The Morgan fingerprint density at radius 3 is 2.69 bits per heavy atom. The number of rotatable bonds is 3. The molecule has 4 nitrogen and oxygen atoms in total. The fraction of sp³-hybridized carbons (Fsp3) is 0.0909. The van der Waals surface area contributed by atoms with Gasteiger partial charge in [0.1, 0.15) is 18.1 Å². The molecule has 2 rings (SSSR count). The van der Waals surface area contributed by atoms with Gasteiger partial charge in [-0.2, -0.15) is 0 Å². The van der Waals surface area contributed by atoms with Crippen LogP contribution in [-0.4, -0.2) is 15.1 Å². The van der Waals surface area contributed by atoms with Crippen molar-refractivity contribution in [2.75, 3.05) is 0 Å². The molecule has 1 N–H and O–H groups in total. The fourth-order valence-corrected chi connectivity index (χ4v) is 1.34. The third kappa shape index (κ3) is 2.93. The van der Waals surface area contributed by atoms with E-state index in [4.69, 9.17) is 4.74 Å². The maximum atomic E-state index is 9.23. The maximum absolute atomic E-state index is 9.23. The number of ether oxygens (including phenoxy) is 1. The van der Waals surface area contributed by atoms with E-state index >= 15 is 0 Å². The second kappa shape index (κ2) is 4.94. The minimum atomic E-state index is 0.175. The topological polar surface area (TPSA) is 55.2 Å². The second-order valence-electron chi connectivity index (χ2n) is 3.10. The molecule has 5 heteroatoms. The van der Waals surface area contributed by atoms with Crippen molar-refractivity contribution in [1.29, 1.82) is 0 Å². The van der Waals surface area contributed by atoms with Crippen LogP contribution in [-0.2, 0) is 6.61 Å². The molecule has 0 fully saturated rings. The van der Waals surface area contributed by atoms with Gasteiger partial charge in [0.05, 0.1) is 4.47 Å². The molecule has 0 unspecified atom stereocenters. The second-order valence-corrected chi connectivity index (χ2v) is 4.02. The summed E-state index contributed by atoms with van der Waals surface area (Å²) in [5.41, 5.74) is 0. The van der Waals surface area contributed by atoms with Crippen molar-refractivity contribution in [2.45, 2.75) is 6.61 Å². The summed E-state index contributed by atoms with van der Waals surface area (Å²) in [6.07, 6.45) is 3.32. The van der Waals surface area contributed by atoms with Gasteiger partial charge in [-0.15, -0.1) is 0 Å². The quantitative estimate of drug-likeness (QED) is 0.939. The van der Waals surface area contributed by atoms with Crippen LogP contribution < -0.4 is 4.74 Å². The number of aromatic nitrogens is 2. The van der Waals surface area contributed by atoms with Gasteiger partial charge in [-0.05, 0) is 28.1 Å². The molecule has 16 heavy (non-hydrogen) atoms. The van der Waals surface area contributed by atoms with Crippen LogP contribution in [0.5, 0.6) is 11.5 Å². The molecule has 0 aliphatic heterocycles. The first-order valence-corrected chi connectivity index (χ1v) is 5.41. The van der Waals surface area contributed by atoms with Gasteiger partial charge in [0.15, 0.2) is 5.82 Å². The minimum absolute atomic E-state index is 0.175. The highest BCUT2D eigenvalue weighted by molar-refractivity contribution is 9.10. The fourth-order valence-electron chi connectivity index (χ4n) is 1.13. The average Bonchev–Trinajstić information content (AvgIpc) is 2.28.